The van der Waals surface area contributed by atoms with Crippen LogP contribution in [0.5, 0.6) is 0 Å². The van der Waals surface area contributed by atoms with Crippen molar-refractivity contribution >= 4 is 5.69 Å². The first-order valence-electron chi connectivity index (χ1n) is 5.71. The van der Waals surface area contributed by atoms with Crippen molar-refractivity contribution in [2.24, 2.45) is 0 Å². The fourth-order valence-corrected chi connectivity index (χ4v) is 1.87. The molecule has 1 saturated carbocycles. The third kappa shape index (κ3) is 2.75. The van der Waals surface area contributed by atoms with Gasteiger partial charge < -0.3 is 9.64 Å². The van der Waals surface area contributed by atoms with Crippen LogP contribution in [0.15, 0.2) is 18.2 Å². The molecule has 1 aromatic rings. The summed E-state index contributed by atoms with van der Waals surface area (Å²) in [5.74, 6) is -0.451. The molecule has 0 heterocycles. The smallest absolute Gasteiger partial charge is 0.143 e. The van der Waals surface area contributed by atoms with Crippen LogP contribution in [0.1, 0.15) is 18.4 Å². The maximum Gasteiger partial charge on any atom is 0.143 e. The summed E-state index contributed by atoms with van der Waals surface area (Å²) in [5, 5.41) is 8.69. The van der Waals surface area contributed by atoms with Gasteiger partial charge in [0, 0.05) is 25.4 Å². The van der Waals surface area contributed by atoms with Crippen LogP contribution >= 0.6 is 0 Å². The van der Waals surface area contributed by atoms with E-state index in [1.807, 2.05) is 6.07 Å². The first-order valence-corrected chi connectivity index (χ1v) is 5.71. The van der Waals surface area contributed by atoms with Crippen molar-refractivity contribution in [1.29, 1.82) is 5.26 Å². The van der Waals surface area contributed by atoms with Crippen molar-refractivity contribution in [2.75, 3.05) is 25.2 Å². The Balaban J connectivity index is 2.18. The maximum atomic E-state index is 13.5. The first kappa shape index (κ1) is 11.9. The Kier molecular flexibility index (Phi) is 3.60. The molecule has 0 aliphatic heterocycles. The Morgan fingerprint density at radius 1 is 1.53 bits per heavy atom. The number of halogens is 1. The number of nitrogens with zero attached hydrogens (tertiary/aromatic N) is 2. The van der Waals surface area contributed by atoms with Crippen LogP contribution < -0.4 is 4.90 Å². The Labute approximate surface area is 100 Å². The maximum absolute atomic E-state index is 13.5. The first-order chi connectivity index (χ1) is 8.26. The van der Waals surface area contributed by atoms with Crippen molar-refractivity contribution < 1.29 is 9.13 Å². The average molecular weight is 234 g/mol. The molecule has 0 saturated heterocycles. The van der Waals surface area contributed by atoms with E-state index in [-0.39, 0.29) is 5.56 Å². The quantitative estimate of drug-likeness (QED) is 0.784. The molecule has 0 unspecified atom stereocenters. The lowest BCUT2D eigenvalue weighted by molar-refractivity contribution is 0.205. The lowest BCUT2D eigenvalue weighted by atomic mass is 10.2. The number of anilines is 1. The Bertz CT molecular complexity index is 438. The predicted octanol–water partition coefficient (Wildman–Crippen LogP) is 2.31. The lowest BCUT2D eigenvalue weighted by Gasteiger charge is -2.24. The van der Waals surface area contributed by atoms with Gasteiger partial charge in [-0.3, -0.25) is 0 Å². The highest BCUT2D eigenvalue weighted by molar-refractivity contribution is 5.52. The van der Waals surface area contributed by atoms with Gasteiger partial charge in [-0.25, -0.2) is 4.39 Å². The molecule has 2 rings (SSSR count). The fourth-order valence-electron chi connectivity index (χ4n) is 1.87. The highest BCUT2D eigenvalue weighted by Gasteiger charge is 2.29. The van der Waals surface area contributed by atoms with E-state index in [0.717, 1.165) is 25.1 Å². The molecule has 1 aliphatic carbocycles. The van der Waals surface area contributed by atoms with E-state index in [9.17, 15) is 4.39 Å². The van der Waals surface area contributed by atoms with Gasteiger partial charge in [0.25, 0.3) is 0 Å². The standard InChI is InChI=1S/C13H15FN2O/c1-17-7-6-16(11-4-5-11)12-3-2-10(9-15)13(14)8-12/h2-3,8,11H,4-7H2,1H3. The van der Waals surface area contributed by atoms with Crippen molar-refractivity contribution in [3.63, 3.8) is 0 Å². The minimum atomic E-state index is -0.451. The van der Waals surface area contributed by atoms with Gasteiger partial charge in [0.05, 0.1) is 12.2 Å². The molecule has 4 heteroatoms. The summed E-state index contributed by atoms with van der Waals surface area (Å²) >= 11 is 0. The molecular formula is C13H15FN2O. The number of nitriles is 1. The van der Waals surface area contributed by atoms with Crippen LogP contribution in [0, 0.1) is 17.1 Å². The fraction of sp³-hybridized carbons (Fsp3) is 0.462. The van der Waals surface area contributed by atoms with Crippen molar-refractivity contribution in [1.82, 2.24) is 0 Å². The summed E-state index contributed by atoms with van der Waals surface area (Å²) in [7, 11) is 1.66. The zero-order valence-electron chi connectivity index (χ0n) is 9.82. The molecule has 1 aliphatic rings. The predicted molar refractivity (Wildman–Crippen MR) is 63.4 cm³/mol. The summed E-state index contributed by atoms with van der Waals surface area (Å²) < 4.78 is 18.6. The summed E-state index contributed by atoms with van der Waals surface area (Å²) in [6.07, 6.45) is 2.29. The molecule has 0 aromatic heterocycles. The van der Waals surface area contributed by atoms with Crippen LogP contribution in [-0.2, 0) is 4.74 Å². The summed E-state index contributed by atoms with van der Waals surface area (Å²) in [5.41, 5.74) is 0.928. The number of hydrogen-bond acceptors (Lipinski definition) is 3. The Morgan fingerprint density at radius 3 is 2.82 bits per heavy atom. The molecule has 0 amide bonds. The second-order valence-electron chi connectivity index (χ2n) is 4.19. The van der Waals surface area contributed by atoms with Crippen LogP contribution in [0.4, 0.5) is 10.1 Å². The zero-order valence-corrected chi connectivity index (χ0v) is 9.82. The van der Waals surface area contributed by atoms with Gasteiger partial charge in [0.15, 0.2) is 0 Å². The minimum absolute atomic E-state index is 0.0937. The topological polar surface area (TPSA) is 36.3 Å². The van der Waals surface area contributed by atoms with E-state index in [0.29, 0.717) is 12.6 Å². The van der Waals surface area contributed by atoms with Crippen LogP contribution in [0.3, 0.4) is 0 Å². The average Bonchev–Trinajstić information content (AvgIpc) is 3.14. The van der Waals surface area contributed by atoms with Gasteiger partial charge in [0.2, 0.25) is 0 Å². The number of ether oxygens (including phenoxy) is 1. The molecule has 0 radical (unpaired) electrons. The second-order valence-corrected chi connectivity index (χ2v) is 4.19. The summed E-state index contributed by atoms with van der Waals surface area (Å²) in [6, 6.07) is 7.10. The van der Waals surface area contributed by atoms with Crippen LogP contribution in [0.2, 0.25) is 0 Å². The third-order valence-corrected chi connectivity index (χ3v) is 2.93. The van der Waals surface area contributed by atoms with Gasteiger partial charge in [-0.05, 0) is 31.0 Å². The number of rotatable bonds is 5. The molecule has 3 nitrogen and oxygen atoms in total. The van der Waals surface area contributed by atoms with Gasteiger partial charge in [-0.1, -0.05) is 0 Å². The normalized spacial score (nSPS) is 14.4. The molecule has 0 spiro atoms. The van der Waals surface area contributed by atoms with Gasteiger partial charge in [0.1, 0.15) is 11.9 Å². The molecule has 0 bridgehead atoms. The zero-order chi connectivity index (χ0) is 12.3. The summed E-state index contributed by atoms with van der Waals surface area (Å²) in [6.45, 7) is 1.38. The van der Waals surface area contributed by atoms with Crippen LogP contribution in [0.25, 0.3) is 0 Å². The number of methoxy groups -OCH3 is 1. The van der Waals surface area contributed by atoms with Crippen LogP contribution in [-0.4, -0.2) is 26.3 Å². The monoisotopic (exact) mass is 234 g/mol. The van der Waals surface area contributed by atoms with Crippen molar-refractivity contribution in [2.45, 2.75) is 18.9 Å². The van der Waals surface area contributed by atoms with E-state index in [1.165, 1.54) is 12.1 Å². The van der Waals surface area contributed by atoms with Gasteiger partial charge in [-0.2, -0.15) is 5.26 Å². The van der Waals surface area contributed by atoms with Crippen molar-refractivity contribution in [3.8, 4) is 6.07 Å². The highest BCUT2D eigenvalue weighted by atomic mass is 19.1. The van der Waals surface area contributed by atoms with Gasteiger partial charge >= 0.3 is 0 Å². The number of hydrogen-bond donors (Lipinski definition) is 0. The highest BCUT2D eigenvalue weighted by Crippen LogP contribution is 2.32. The van der Waals surface area contributed by atoms with E-state index >= 15 is 0 Å². The van der Waals surface area contributed by atoms with Crippen molar-refractivity contribution in [3.05, 3.63) is 29.6 Å². The largest absolute Gasteiger partial charge is 0.383 e. The Morgan fingerprint density at radius 2 is 2.29 bits per heavy atom. The van der Waals surface area contributed by atoms with E-state index in [2.05, 4.69) is 4.90 Å². The third-order valence-electron chi connectivity index (χ3n) is 2.93. The minimum Gasteiger partial charge on any atom is -0.383 e. The molecule has 17 heavy (non-hydrogen) atoms. The summed E-state index contributed by atoms with van der Waals surface area (Å²) in [4.78, 5) is 2.15. The molecule has 1 fully saturated rings. The molecule has 1 aromatic carbocycles. The molecule has 0 atom stereocenters. The van der Waals surface area contributed by atoms with E-state index in [4.69, 9.17) is 10.00 Å². The molecular weight excluding hydrogens is 219 g/mol. The van der Waals surface area contributed by atoms with E-state index < -0.39 is 5.82 Å². The second kappa shape index (κ2) is 5.15. The lowest BCUT2D eigenvalue weighted by Crippen LogP contribution is -2.29. The number of benzene rings is 1. The van der Waals surface area contributed by atoms with Gasteiger partial charge in [-0.15, -0.1) is 0 Å². The van der Waals surface area contributed by atoms with E-state index in [1.54, 1.807) is 13.2 Å². The molecule has 90 valence electrons. The SMILES string of the molecule is COCCN(c1ccc(C#N)c(F)c1)C1CC1. The molecule has 0 N–H and O–H groups in total. The Hall–Kier alpha value is -1.60.